The number of hydrogen-bond donors (Lipinski definition) is 2. The van der Waals surface area contributed by atoms with Crippen molar-refractivity contribution in [1.29, 1.82) is 0 Å². The van der Waals surface area contributed by atoms with Crippen LogP contribution in [-0.2, 0) is 10.0 Å². The van der Waals surface area contributed by atoms with Crippen LogP contribution in [0.1, 0.15) is 29.9 Å². The van der Waals surface area contributed by atoms with Crippen LogP contribution >= 0.6 is 11.6 Å². The smallest absolute Gasteiger partial charge is 0.335 e. The van der Waals surface area contributed by atoms with Crippen LogP contribution in [0.4, 0.5) is 14.9 Å². The molecule has 0 bridgehead atoms. The number of nitrogens with zero attached hydrogens (tertiary/aromatic N) is 2. The zero-order chi connectivity index (χ0) is 24.7. The number of benzene rings is 2. The van der Waals surface area contributed by atoms with Crippen molar-refractivity contribution in [3.8, 4) is 0 Å². The summed E-state index contributed by atoms with van der Waals surface area (Å²) in [7, 11) is -3.70. The Labute approximate surface area is 208 Å². The van der Waals surface area contributed by atoms with Gasteiger partial charge in [-0.05, 0) is 60.9 Å². The standard InChI is InChI=1S/C25H26ClFN4O3S/c1-35(33,34)29-25(32)31-15-17(21-13-19(27)3-5-24(21)31)8-11-30-9-6-16(7-10-30)22-14-28-23-12-18(26)2-4-20(22)23/h2-6,12-14,17,28H,7-11,15H2,1H3,(H,29,32). The monoisotopic (exact) mass is 516 g/mol. The summed E-state index contributed by atoms with van der Waals surface area (Å²) in [5.41, 5.74) is 4.81. The van der Waals surface area contributed by atoms with E-state index >= 15 is 0 Å². The van der Waals surface area contributed by atoms with Gasteiger partial charge in [0.25, 0.3) is 0 Å². The minimum atomic E-state index is -3.70. The Morgan fingerprint density at radius 1 is 1.26 bits per heavy atom. The first-order chi connectivity index (χ1) is 16.7. The van der Waals surface area contributed by atoms with Gasteiger partial charge in [-0.3, -0.25) is 9.80 Å². The molecule has 2 aliphatic heterocycles. The highest BCUT2D eigenvalue weighted by Gasteiger charge is 2.34. The summed E-state index contributed by atoms with van der Waals surface area (Å²) in [6.07, 6.45) is 6.85. The summed E-state index contributed by atoms with van der Waals surface area (Å²) in [5.74, 6) is -0.445. The molecule has 3 heterocycles. The van der Waals surface area contributed by atoms with Gasteiger partial charge in [-0.15, -0.1) is 0 Å². The molecular weight excluding hydrogens is 491 g/mol. The van der Waals surface area contributed by atoms with Crippen molar-refractivity contribution in [2.45, 2.75) is 18.8 Å². The predicted octanol–water partition coefficient (Wildman–Crippen LogP) is 4.71. The van der Waals surface area contributed by atoms with Gasteiger partial charge >= 0.3 is 6.03 Å². The highest BCUT2D eigenvalue weighted by atomic mass is 35.5. The molecule has 184 valence electrons. The zero-order valence-corrected chi connectivity index (χ0v) is 20.8. The van der Waals surface area contributed by atoms with Gasteiger partial charge in [0.15, 0.2) is 0 Å². The zero-order valence-electron chi connectivity index (χ0n) is 19.2. The summed E-state index contributed by atoms with van der Waals surface area (Å²) >= 11 is 6.10. The Bertz CT molecular complexity index is 1440. The number of nitrogens with one attached hydrogen (secondary N) is 2. The normalized spacial score (nSPS) is 18.5. The number of halogens is 2. The van der Waals surface area contributed by atoms with E-state index in [1.807, 2.05) is 29.1 Å². The fourth-order valence-corrected chi connectivity index (χ4v) is 5.63. The van der Waals surface area contributed by atoms with E-state index in [0.29, 0.717) is 17.3 Å². The molecule has 5 rings (SSSR count). The first-order valence-corrected chi connectivity index (χ1v) is 13.7. The number of H-pyrrole nitrogens is 1. The molecule has 0 fully saturated rings. The van der Waals surface area contributed by atoms with Gasteiger partial charge in [-0.25, -0.2) is 22.3 Å². The quantitative estimate of drug-likeness (QED) is 0.514. The second-order valence-electron chi connectivity index (χ2n) is 9.15. The number of aromatic amines is 1. The Balaban J connectivity index is 1.26. The summed E-state index contributed by atoms with van der Waals surface area (Å²) in [6, 6.07) is 9.43. The minimum Gasteiger partial charge on any atom is -0.361 e. The van der Waals surface area contributed by atoms with Gasteiger partial charge in [0.2, 0.25) is 10.0 Å². The lowest BCUT2D eigenvalue weighted by molar-refractivity contribution is 0.250. The number of hydrogen-bond acceptors (Lipinski definition) is 4. The molecule has 1 aromatic heterocycles. The van der Waals surface area contributed by atoms with Crippen molar-refractivity contribution in [3.63, 3.8) is 0 Å². The third-order valence-electron chi connectivity index (χ3n) is 6.72. The maximum Gasteiger partial charge on any atom is 0.335 e. The van der Waals surface area contributed by atoms with E-state index in [1.54, 1.807) is 0 Å². The van der Waals surface area contributed by atoms with E-state index in [9.17, 15) is 17.6 Å². The fraction of sp³-hybridized carbons (Fsp3) is 0.320. The number of sulfonamides is 1. The highest BCUT2D eigenvalue weighted by molar-refractivity contribution is 7.89. The van der Waals surface area contributed by atoms with E-state index in [4.69, 9.17) is 11.6 Å². The van der Waals surface area contributed by atoms with Crippen LogP contribution in [0, 0.1) is 5.82 Å². The van der Waals surface area contributed by atoms with E-state index in [1.165, 1.54) is 34.2 Å². The van der Waals surface area contributed by atoms with Crippen LogP contribution in [0.3, 0.4) is 0 Å². The van der Waals surface area contributed by atoms with Crippen molar-refractivity contribution in [2.24, 2.45) is 0 Å². The largest absolute Gasteiger partial charge is 0.361 e. The van der Waals surface area contributed by atoms with Crippen LogP contribution in [-0.4, -0.2) is 56.8 Å². The number of fused-ring (bicyclic) bond motifs is 2. The predicted molar refractivity (Wildman–Crippen MR) is 137 cm³/mol. The first-order valence-electron chi connectivity index (χ1n) is 11.4. The summed E-state index contributed by atoms with van der Waals surface area (Å²) in [4.78, 5) is 19.6. The summed E-state index contributed by atoms with van der Waals surface area (Å²) in [6.45, 7) is 2.80. The van der Waals surface area contributed by atoms with Gasteiger partial charge in [-0.1, -0.05) is 23.7 Å². The van der Waals surface area contributed by atoms with Crippen LogP contribution in [0.15, 0.2) is 48.7 Å². The molecule has 35 heavy (non-hydrogen) atoms. The minimum absolute atomic E-state index is 0.0743. The summed E-state index contributed by atoms with van der Waals surface area (Å²) < 4.78 is 39.1. The number of carbonyl (C=O) groups is 1. The van der Waals surface area contributed by atoms with E-state index in [2.05, 4.69) is 16.0 Å². The molecule has 2 N–H and O–H groups in total. The molecule has 0 saturated heterocycles. The average Bonchev–Trinajstić information content (AvgIpc) is 3.38. The molecule has 2 aliphatic rings. The van der Waals surface area contributed by atoms with E-state index in [0.717, 1.165) is 55.2 Å². The Kier molecular flexibility index (Phi) is 6.33. The number of rotatable bonds is 5. The fourth-order valence-electron chi connectivity index (χ4n) is 5.03. The maximum atomic E-state index is 14.0. The second-order valence-corrected chi connectivity index (χ2v) is 11.3. The maximum absolute atomic E-state index is 14.0. The second kappa shape index (κ2) is 9.29. The number of urea groups is 1. The van der Waals surface area contributed by atoms with Gasteiger partial charge in [-0.2, -0.15) is 0 Å². The number of amides is 2. The topological polar surface area (TPSA) is 85.5 Å². The van der Waals surface area contributed by atoms with Crippen LogP contribution in [0.5, 0.6) is 0 Å². The van der Waals surface area contributed by atoms with Crippen LogP contribution in [0.2, 0.25) is 5.02 Å². The molecular formula is C25H26ClFN4O3S. The van der Waals surface area contributed by atoms with E-state index < -0.39 is 16.1 Å². The van der Waals surface area contributed by atoms with Crippen LogP contribution < -0.4 is 9.62 Å². The Morgan fingerprint density at radius 2 is 2.09 bits per heavy atom. The molecule has 1 atom stereocenters. The molecule has 3 aromatic rings. The molecule has 7 nitrogen and oxygen atoms in total. The summed E-state index contributed by atoms with van der Waals surface area (Å²) in [5, 5.41) is 1.86. The average molecular weight is 517 g/mol. The molecule has 0 radical (unpaired) electrons. The third kappa shape index (κ3) is 5.07. The van der Waals surface area contributed by atoms with Gasteiger partial charge < -0.3 is 4.98 Å². The van der Waals surface area contributed by atoms with E-state index in [-0.39, 0.29) is 11.7 Å². The molecule has 0 saturated carbocycles. The molecule has 2 amide bonds. The molecule has 10 heteroatoms. The lowest BCUT2D eigenvalue weighted by atomic mass is 9.96. The lowest BCUT2D eigenvalue weighted by Gasteiger charge is -2.27. The molecule has 0 aliphatic carbocycles. The van der Waals surface area contributed by atoms with Crippen molar-refractivity contribution < 1.29 is 17.6 Å². The SMILES string of the molecule is CS(=O)(=O)NC(=O)N1CC(CCN2CC=C(c3c[nH]c4cc(Cl)ccc34)CC2)c2cc(F)ccc21. The Hall–Kier alpha value is -2.88. The van der Waals surface area contributed by atoms with Gasteiger partial charge in [0.05, 0.1) is 6.26 Å². The molecule has 1 unspecified atom stereocenters. The van der Waals surface area contributed by atoms with Crippen LogP contribution in [0.25, 0.3) is 16.5 Å². The number of carbonyl (C=O) groups excluding carboxylic acids is 1. The number of anilines is 1. The van der Waals surface area contributed by atoms with Crippen molar-refractivity contribution >= 4 is 49.8 Å². The van der Waals surface area contributed by atoms with Gasteiger partial charge in [0.1, 0.15) is 5.82 Å². The van der Waals surface area contributed by atoms with Crippen molar-refractivity contribution in [3.05, 3.63) is 70.6 Å². The lowest BCUT2D eigenvalue weighted by Crippen LogP contribution is -2.42. The first kappa shape index (κ1) is 23.8. The molecule has 2 aromatic carbocycles. The Morgan fingerprint density at radius 3 is 2.83 bits per heavy atom. The highest BCUT2D eigenvalue weighted by Crippen LogP contribution is 2.39. The van der Waals surface area contributed by atoms with Gasteiger partial charge in [0, 0.05) is 58.9 Å². The van der Waals surface area contributed by atoms with Crippen molar-refractivity contribution in [1.82, 2.24) is 14.6 Å². The third-order valence-corrected chi connectivity index (χ3v) is 7.50. The van der Waals surface area contributed by atoms with Crippen molar-refractivity contribution in [2.75, 3.05) is 37.3 Å². The molecule has 0 spiro atoms. The number of aromatic nitrogens is 1.